The Morgan fingerprint density at radius 3 is 2.48 bits per heavy atom. The minimum absolute atomic E-state index is 0.0226. The molecule has 0 unspecified atom stereocenters. The molecule has 3 N–H and O–H groups in total. The molecule has 25 heavy (non-hydrogen) atoms. The average Bonchev–Trinajstić information content (AvgIpc) is 2.56. The van der Waals surface area contributed by atoms with Gasteiger partial charge in [0.05, 0.1) is 17.5 Å². The van der Waals surface area contributed by atoms with Gasteiger partial charge in [-0.1, -0.05) is 53.5 Å². The molecule has 0 aliphatic heterocycles. The van der Waals surface area contributed by atoms with E-state index in [2.05, 4.69) is 5.32 Å². The number of alkyl carbamates (subject to hydrolysis) is 1. The maximum absolute atomic E-state index is 12.0. The Hall–Kier alpha value is -2.44. The van der Waals surface area contributed by atoms with E-state index in [-0.39, 0.29) is 28.0 Å². The number of ether oxygens (including phenoxy) is 1. The van der Waals surface area contributed by atoms with Crippen molar-refractivity contribution in [3.63, 3.8) is 0 Å². The molecule has 0 bridgehead atoms. The fraction of sp³-hybridized carbons (Fsp3) is 0.176. The molecule has 0 aromatic heterocycles. The number of phenolic OH excluding ortho intramolecular Hbond substituents is 1. The summed E-state index contributed by atoms with van der Waals surface area (Å²) in [5.74, 6) is -1.52. The lowest BCUT2D eigenvalue weighted by molar-refractivity contribution is -0.137. The third-order valence-corrected chi connectivity index (χ3v) is 3.82. The van der Waals surface area contributed by atoms with Crippen molar-refractivity contribution in [2.24, 2.45) is 0 Å². The van der Waals surface area contributed by atoms with E-state index in [1.54, 1.807) is 24.3 Å². The van der Waals surface area contributed by atoms with E-state index < -0.39 is 24.5 Å². The van der Waals surface area contributed by atoms with Gasteiger partial charge in [-0.25, -0.2) is 4.79 Å². The summed E-state index contributed by atoms with van der Waals surface area (Å²) in [5, 5.41) is 21.7. The number of carboxylic acid groups (broad SMARTS) is 1. The van der Waals surface area contributed by atoms with Gasteiger partial charge >= 0.3 is 12.1 Å². The van der Waals surface area contributed by atoms with Gasteiger partial charge in [0.25, 0.3) is 0 Å². The average molecular weight is 384 g/mol. The first kappa shape index (κ1) is 18.9. The minimum Gasteiger partial charge on any atom is -0.506 e. The molecule has 6 nitrogen and oxygen atoms in total. The largest absolute Gasteiger partial charge is 0.506 e. The topological polar surface area (TPSA) is 95.9 Å². The second-order valence-corrected chi connectivity index (χ2v) is 6.03. The first-order valence-electron chi connectivity index (χ1n) is 7.23. The van der Waals surface area contributed by atoms with Gasteiger partial charge in [-0.05, 0) is 17.7 Å². The number of aliphatic carboxylic acids is 1. The van der Waals surface area contributed by atoms with E-state index in [1.165, 1.54) is 12.1 Å². The number of amides is 1. The van der Waals surface area contributed by atoms with Gasteiger partial charge in [0.2, 0.25) is 0 Å². The molecule has 0 saturated carbocycles. The summed E-state index contributed by atoms with van der Waals surface area (Å²) in [6, 6.07) is 10.6. The van der Waals surface area contributed by atoms with Crippen molar-refractivity contribution in [3.8, 4) is 5.75 Å². The molecule has 1 atom stereocenters. The van der Waals surface area contributed by atoms with Gasteiger partial charge in [0.1, 0.15) is 12.4 Å². The Kier molecular flexibility index (Phi) is 6.50. The highest BCUT2D eigenvalue weighted by Gasteiger charge is 2.23. The van der Waals surface area contributed by atoms with E-state index in [1.807, 2.05) is 6.07 Å². The highest BCUT2D eigenvalue weighted by Crippen LogP contribution is 2.36. The van der Waals surface area contributed by atoms with Crippen LogP contribution in [0.5, 0.6) is 5.75 Å². The van der Waals surface area contributed by atoms with Gasteiger partial charge in [-0.2, -0.15) is 0 Å². The van der Waals surface area contributed by atoms with Gasteiger partial charge in [-0.3, -0.25) is 4.79 Å². The molecule has 0 fully saturated rings. The molecule has 8 heteroatoms. The number of benzene rings is 2. The van der Waals surface area contributed by atoms with Crippen molar-refractivity contribution < 1.29 is 24.5 Å². The van der Waals surface area contributed by atoms with E-state index in [0.717, 1.165) is 5.56 Å². The summed E-state index contributed by atoms with van der Waals surface area (Å²) in [6.07, 6.45) is -1.31. The molecule has 0 radical (unpaired) electrons. The lowest BCUT2D eigenvalue weighted by Crippen LogP contribution is -2.30. The molecule has 0 heterocycles. The summed E-state index contributed by atoms with van der Waals surface area (Å²) in [4.78, 5) is 23.1. The minimum atomic E-state index is -1.18. The fourth-order valence-electron chi connectivity index (χ4n) is 2.17. The molecule has 2 aromatic rings. The Bertz CT molecular complexity index is 767. The number of hydrogen-bond donors (Lipinski definition) is 3. The van der Waals surface area contributed by atoms with Gasteiger partial charge in [0, 0.05) is 10.6 Å². The van der Waals surface area contributed by atoms with E-state index in [4.69, 9.17) is 33.0 Å². The van der Waals surface area contributed by atoms with Crippen molar-refractivity contribution in [3.05, 3.63) is 63.6 Å². The molecule has 0 spiro atoms. The fourth-order valence-corrected chi connectivity index (χ4v) is 2.68. The summed E-state index contributed by atoms with van der Waals surface area (Å²) in [5.41, 5.74) is 0.873. The first-order chi connectivity index (χ1) is 11.9. The second-order valence-electron chi connectivity index (χ2n) is 5.18. The molecule has 2 rings (SSSR count). The summed E-state index contributed by atoms with van der Waals surface area (Å²) < 4.78 is 5.07. The van der Waals surface area contributed by atoms with Crippen LogP contribution in [-0.4, -0.2) is 22.3 Å². The zero-order chi connectivity index (χ0) is 18.4. The molecule has 0 saturated heterocycles. The van der Waals surface area contributed by atoms with Gasteiger partial charge in [0.15, 0.2) is 0 Å². The molecular weight excluding hydrogens is 369 g/mol. The second kappa shape index (κ2) is 8.60. The van der Waals surface area contributed by atoms with Crippen LogP contribution >= 0.6 is 23.2 Å². The molecule has 0 aliphatic rings. The quantitative estimate of drug-likeness (QED) is 0.696. The zero-order valence-corrected chi connectivity index (χ0v) is 14.4. The number of rotatable bonds is 6. The van der Waals surface area contributed by atoms with E-state index in [0.29, 0.717) is 0 Å². The number of nitrogens with one attached hydrogen (secondary N) is 1. The van der Waals surface area contributed by atoms with Crippen molar-refractivity contribution in [2.75, 3.05) is 0 Å². The molecular formula is C17H15Cl2NO5. The molecule has 2 aromatic carbocycles. The van der Waals surface area contributed by atoms with Crippen LogP contribution in [0.1, 0.15) is 23.6 Å². The van der Waals surface area contributed by atoms with Crippen LogP contribution in [0.25, 0.3) is 0 Å². The number of aromatic hydroxyl groups is 1. The molecule has 132 valence electrons. The third-order valence-electron chi connectivity index (χ3n) is 3.32. The van der Waals surface area contributed by atoms with Gasteiger partial charge in [-0.15, -0.1) is 0 Å². The number of hydrogen-bond acceptors (Lipinski definition) is 4. The van der Waals surface area contributed by atoms with Crippen LogP contribution in [-0.2, 0) is 16.1 Å². The standard InChI is InChI=1S/C17H15Cl2NO5/c18-11-6-12(16(23)13(19)7-11)14(8-15(21)22)20-17(24)25-9-10-4-2-1-3-5-10/h1-7,14,23H,8-9H2,(H,20,24)(H,21,22)/t14-/m1/s1. The van der Waals surface area contributed by atoms with Crippen LogP contribution in [0, 0.1) is 0 Å². The van der Waals surface area contributed by atoms with Crippen molar-refractivity contribution in [2.45, 2.75) is 19.1 Å². The highest BCUT2D eigenvalue weighted by molar-refractivity contribution is 6.35. The third kappa shape index (κ3) is 5.55. The smallest absolute Gasteiger partial charge is 0.407 e. The van der Waals surface area contributed by atoms with Crippen LogP contribution in [0.3, 0.4) is 0 Å². The lowest BCUT2D eigenvalue weighted by atomic mass is 10.0. The Morgan fingerprint density at radius 2 is 1.84 bits per heavy atom. The Labute approximate surface area is 153 Å². The predicted octanol–water partition coefficient (Wildman–Crippen LogP) is 4.14. The van der Waals surface area contributed by atoms with Crippen molar-refractivity contribution in [1.29, 1.82) is 0 Å². The SMILES string of the molecule is O=C(O)C[C@@H](NC(=O)OCc1ccccc1)c1cc(Cl)cc(Cl)c1O. The van der Waals surface area contributed by atoms with Crippen molar-refractivity contribution >= 4 is 35.3 Å². The van der Waals surface area contributed by atoms with Crippen LogP contribution in [0.4, 0.5) is 4.79 Å². The van der Waals surface area contributed by atoms with Crippen LogP contribution in [0.2, 0.25) is 10.0 Å². The van der Waals surface area contributed by atoms with Gasteiger partial charge < -0.3 is 20.3 Å². The Balaban J connectivity index is 2.12. The number of carbonyl (C=O) groups is 2. The first-order valence-corrected chi connectivity index (χ1v) is 7.99. The molecule has 1 amide bonds. The van der Waals surface area contributed by atoms with Crippen molar-refractivity contribution in [1.82, 2.24) is 5.32 Å². The molecule has 0 aliphatic carbocycles. The monoisotopic (exact) mass is 383 g/mol. The predicted molar refractivity (Wildman–Crippen MR) is 92.9 cm³/mol. The summed E-state index contributed by atoms with van der Waals surface area (Å²) in [6.45, 7) is 0.0226. The number of halogens is 2. The summed E-state index contributed by atoms with van der Waals surface area (Å²) in [7, 11) is 0. The van der Waals surface area contributed by atoms with Crippen LogP contribution in [0.15, 0.2) is 42.5 Å². The number of phenols is 1. The lowest BCUT2D eigenvalue weighted by Gasteiger charge is -2.19. The normalized spacial score (nSPS) is 11.6. The number of carbonyl (C=O) groups excluding carboxylic acids is 1. The zero-order valence-electron chi connectivity index (χ0n) is 12.9. The van der Waals surface area contributed by atoms with Crippen LogP contribution < -0.4 is 5.32 Å². The number of carboxylic acids is 1. The highest BCUT2D eigenvalue weighted by atomic mass is 35.5. The maximum atomic E-state index is 12.0. The maximum Gasteiger partial charge on any atom is 0.407 e. The van der Waals surface area contributed by atoms with E-state index >= 15 is 0 Å². The summed E-state index contributed by atoms with van der Waals surface area (Å²) >= 11 is 11.7. The van der Waals surface area contributed by atoms with E-state index in [9.17, 15) is 14.7 Å². The Morgan fingerprint density at radius 1 is 1.16 bits per heavy atom.